The highest BCUT2D eigenvalue weighted by Crippen LogP contribution is 2.27. The molecule has 0 aliphatic carbocycles. The first-order valence-corrected chi connectivity index (χ1v) is 8.01. The average molecular weight is 342 g/mol. The van der Waals surface area contributed by atoms with E-state index in [-0.39, 0.29) is 11.8 Å². The van der Waals surface area contributed by atoms with Crippen molar-refractivity contribution in [1.82, 2.24) is 0 Å². The van der Waals surface area contributed by atoms with Gasteiger partial charge in [0.05, 0.1) is 7.11 Å². The summed E-state index contributed by atoms with van der Waals surface area (Å²) in [5.41, 5.74) is 1.30. The third-order valence-electron chi connectivity index (χ3n) is 3.47. The smallest absolute Gasteiger partial charge is 0.265 e. The normalized spacial score (nSPS) is 11.3. The molecule has 0 aromatic heterocycles. The van der Waals surface area contributed by atoms with Crippen LogP contribution in [-0.4, -0.2) is 25.0 Å². The van der Waals surface area contributed by atoms with Crippen molar-refractivity contribution >= 4 is 23.2 Å². The number of methoxy groups -OCH3 is 1. The summed E-state index contributed by atoms with van der Waals surface area (Å²) in [6.45, 7) is 3.32. The minimum absolute atomic E-state index is 0.145. The Labute approximate surface area is 147 Å². The molecule has 2 aromatic rings. The molecule has 0 saturated heterocycles. The summed E-state index contributed by atoms with van der Waals surface area (Å²) in [6.07, 6.45) is -0.139. The second-order valence-corrected chi connectivity index (χ2v) is 5.41. The second-order valence-electron chi connectivity index (χ2n) is 5.41. The number of rotatable bonds is 7. The van der Waals surface area contributed by atoms with Crippen LogP contribution in [0.3, 0.4) is 0 Å². The van der Waals surface area contributed by atoms with E-state index in [2.05, 4.69) is 10.6 Å². The number of hydrogen-bond donors (Lipinski definition) is 2. The molecule has 0 aliphatic heterocycles. The number of anilines is 2. The molecule has 6 heteroatoms. The Morgan fingerprint density at radius 3 is 2.04 bits per heavy atom. The van der Waals surface area contributed by atoms with Gasteiger partial charge in [0, 0.05) is 18.3 Å². The van der Waals surface area contributed by atoms with Crippen LogP contribution in [0.25, 0.3) is 0 Å². The largest absolute Gasteiger partial charge is 0.493 e. The van der Waals surface area contributed by atoms with Crippen molar-refractivity contribution in [1.29, 1.82) is 0 Å². The first kappa shape index (κ1) is 18.3. The zero-order valence-electron chi connectivity index (χ0n) is 14.5. The lowest BCUT2D eigenvalue weighted by molar-refractivity contribution is -0.122. The van der Waals surface area contributed by atoms with Gasteiger partial charge in [0.1, 0.15) is 0 Å². The maximum atomic E-state index is 12.5. The number of carbonyl (C=O) groups excluding carboxylic acids is 2. The van der Waals surface area contributed by atoms with Crippen LogP contribution in [0.15, 0.2) is 48.5 Å². The molecule has 0 fully saturated rings. The lowest BCUT2D eigenvalue weighted by Gasteiger charge is -2.19. The van der Waals surface area contributed by atoms with E-state index in [1.54, 1.807) is 43.5 Å². The van der Waals surface area contributed by atoms with Crippen molar-refractivity contribution in [2.75, 3.05) is 17.7 Å². The van der Waals surface area contributed by atoms with E-state index in [0.717, 1.165) is 0 Å². The Balaban J connectivity index is 2.03. The fraction of sp³-hybridized carbons (Fsp3) is 0.263. The van der Waals surface area contributed by atoms with Crippen LogP contribution in [0.1, 0.15) is 20.3 Å². The van der Waals surface area contributed by atoms with E-state index < -0.39 is 6.10 Å². The maximum Gasteiger partial charge on any atom is 0.265 e. The fourth-order valence-electron chi connectivity index (χ4n) is 2.25. The van der Waals surface area contributed by atoms with Crippen LogP contribution in [0.5, 0.6) is 11.5 Å². The van der Waals surface area contributed by atoms with Gasteiger partial charge in [0.2, 0.25) is 5.91 Å². The lowest BCUT2D eigenvalue weighted by atomic mass is 10.2. The van der Waals surface area contributed by atoms with E-state index in [1.165, 1.54) is 6.92 Å². The highest BCUT2D eigenvalue weighted by molar-refractivity contribution is 5.95. The lowest BCUT2D eigenvalue weighted by Crippen LogP contribution is -2.32. The molecule has 0 heterocycles. The van der Waals surface area contributed by atoms with Crippen molar-refractivity contribution in [2.45, 2.75) is 26.4 Å². The number of hydrogen-bond acceptors (Lipinski definition) is 4. The third kappa shape index (κ3) is 5.24. The van der Waals surface area contributed by atoms with Gasteiger partial charge in [-0.25, -0.2) is 0 Å². The molecule has 0 saturated carbocycles. The van der Waals surface area contributed by atoms with Crippen LogP contribution >= 0.6 is 0 Å². The molecular weight excluding hydrogens is 320 g/mol. The summed E-state index contributed by atoms with van der Waals surface area (Å²) >= 11 is 0. The van der Waals surface area contributed by atoms with Gasteiger partial charge < -0.3 is 20.1 Å². The molecule has 0 unspecified atom stereocenters. The number of amides is 2. The monoisotopic (exact) mass is 342 g/mol. The highest BCUT2D eigenvalue weighted by atomic mass is 16.5. The van der Waals surface area contributed by atoms with Crippen LogP contribution in [0.2, 0.25) is 0 Å². The Hall–Kier alpha value is -3.02. The van der Waals surface area contributed by atoms with Gasteiger partial charge >= 0.3 is 0 Å². The Morgan fingerprint density at radius 1 is 0.960 bits per heavy atom. The molecule has 0 aliphatic rings. The summed E-state index contributed by atoms with van der Waals surface area (Å²) in [5.74, 6) is 0.704. The van der Waals surface area contributed by atoms with Crippen molar-refractivity contribution in [3.63, 3.8) is 0 Å². The van der Waals surface area contributed by atoms with Gasteiger partial charge in [0.15, 0.2) is 17.6 Å². The average Bonchev–Trinajstić information content (AvgIpc) is 2.61. The molecule has 6 nitrogen and oxygen atoms in total. The molecule has 2 aromatic carbocycles. The van der Waals surface area contributed by atoms with Gasteiger partial charge in [-0.05, 0) is 42.8 Å². The van der Waals surface area contributed by atoms with Crippen LogP contribution in [0, 0.1) is 0 Å². The molecule has 2 amide bonds. The third-order valence-corrected chi connectivity index (χ3v) is 3.47. The van der Waals surface area contributed by atoms with E-state index in [4.69, 9.17) is 9.47 Å². The predicted octanol–water partition coefficient (Wildman–Crippen LogP) is 3.45. The molecular formula is C19H22N2O4. The molecule has 1 atom stereocenters. The van der Waals surface area contributed by atoms with Gasteiger partial charge in [0.25, 0.3) is 5.91 Å². The zero-order valence-corrected chi connectivity index (χ0v) is 14.5. The summed E-state index contributed by atoms with van der Waals surface area (Å²) in [4.78, 5) is 23.5. The van der Waals surface area contributed by atoms with E-state index in [1.807, 2.05) is 19.1 Å². The minimum atomic E-state index is -0.647. The molecule has 132 valence electrons. The summed E-state index contributed by atoms with van der Waals surface area (Å²) in [6, 6.07) is 14.1. The van der Waals surface area contributed by atoms with E-state index in [0.29, 0.717) is 29.3 Å². The second kappa shape index (κ2) is 8.73. The molecule has 25 heavy (non-hydrogen) atoms. The quantitative estimate of drug-likeness (QED) is 0.808. The number of nitrogens with one attached hydrogen (secondary N) is 2. The fourth-order valence-corrected chi connectivity index (χ4v) is 2.25. The van der Waals surface area contributed by atoms with Crippen LogP contribution in [0.4, 0.5) is 11.4 Å². The molecule has 0 bridgehead atoms. The number of carbonyl (C=O) groups is 2. The zero-order chi connectivity index (χ0) is 18.2. The summed E-state index contributed by atoms with van der Waals surface area (Å²) in [7, 11) is 1.56. The van der Waals surface area contributed by atoms with Gasteiger partial charge in [-0.15, -0.1) is 0 Å². The van der Waals surface area contributed by atoms with Gasteiger partial charge in [-0.1, -0.05) is 19.1 Å². The standard InChI is InChI=1S/C19H22N2O4/c1-4-16(25-18-8-6-5-7-17(18)24-3)19(23)21-15-11-9-14(10-12-15)20-13(2)22/h5-12,16H,4H2,1-3H3,(H,20,22)(H,21,23)/t16-/m1/s1. The molecule has 0 radical (unpaired) electrons. The van der Waals surface area contributed by atoms with E-state index in [9.17, 15) is 9.59 Å². The predicted molar refractivity (Wildman–Crippen MR) is 97.1 cm³/mol. The van der Waals surface area contributed by atoms with Crippen LogP contribution < -0.4 is 20.1 Å². The number of ether oxygens (including phenoxy) is 2. The Kier molecular flexibility index (Phi) is 6.39. The molecule has 2 N–H and O–H groups in total. The number of para-hydroxylation sites is 2. The van der Waals surface area contributed by atoms with Crippen molar-refractivity contribution in [3.8, 4) is 11.5 Å². The maximum absolute atomic E-state index is 12.5. The van der Waals surface area contributed by atoms with Crippen molar-refractivity contribution in [2.24, 2.45) is 0 Å². The van der Waals surface area contributed by atoms with Gasteiger partial charge in [-0.3, -0.25) is 9.59 Å². The Morgan fingerprint density at radius 2 is 1.52 bits per heavy atom. The van der Waals surface area contributed by atoms with Gasteiger partial charge in [-0.2, -0.15) is 0 Å². The SMILES string of the molecule is CC[C@@H](Oc1ccccc1OC)C(=O)Nc1ccc(NC(C)=O)cc1. The minimum Gasteiger partial charge on any atom is -0.493 e. The van der Waals surface area contributed by atoms with Crippen molar-refractivity contribution in [3.05, 3.63) is 48.5 Å². The first-order chi connectivity index (χ1) is 12.0. The molecule has 0 spiro atoms. The highest BCUT2D eigenvalue weighted by Gasteiger charge is 2.20. The van der Waals surface area contributed by atoms with Crippen molar-refractivity contribution < 1.29 is 19.1 Å². The van der Waals surface area contributed by atoms with E-state index >= 15 is 0 Å². The topological polar surface area (TPSA) is 76.7 Å². The Bertz CT molecular complexity index is 728. The van der Waals surface area contributed by atoms with Crippen LogP contribution in [-0.2, 0) is 9.59 Å². The summed E-state index contributed by atoms with van der Waals surface area (Å²) in [5, 5.41) is 5.49. The first-order valence-electron chi connectivity index (χ1n) is 8.01. The summed E-state index contributed by atoms with van der Waals surface area (Å²) < 4.78 is 11.0. The molecule has 2 rings (SSSR count). The number of benzene rings is 2.